The molecule has 1 N–H and O–H groups in total. The molecule has 3 heterocycles. The van der Waals surface area contributed by atoms with Crippen molar-refractivity contribution in [1.29, 1.82) is 0 Å². The monoisotopic (exact) mass is 338 g/mol. The van der Waals surface area contributed by atoms with Gasteiger partial charge in [0.2, 0.25) is 0 Å². The van der Waals surface area contributed by atoms with Gasteiger partial charge >= 0.3 is 0 Å². The normalized spacial score (nSPS) is 18.7. The Morgan fingerprint density at radius 3 is 2.82 bits per heavy atom. The van der Waals surface area contributed by atoms with Gasteiger partial charge in [0.15, 0.2) is 9.99 Å². The summed E-state index contributed by atoms with van der Waals surface area (Å²) in [5.74, 6) is 0.906. The van der Waals surface area contributed by atoms with Gasteiger partial charge in [-0.15, -0.1) is 11.3 Å². The second-order valence-corrected chi connectivity index (χ2v) is 7.68. The van der Waals surface area contributed by atoms with Gasteiger partial charge in [0.25, 0.3) is 0 Å². The quantitative estimate of drug-likeness (QED) is 0.835. The third-order valence-corrected chi connectivity index (χ3v) is 6.11. The minimum Gasteiger partial charge on any atom is -0.367 e. The van der Waals surface area contributed by atoms with E-state index < -0.39 is 0 Å². The lowest BCUT2D eigenvalue weighted by Gasteiger charge is -2.36. The molecule has 2 aromatic rings. The van der Waals surface area contributed by atoms with Crippen molar-refractivity contribution >= 4 is 39.3 Å². The van der Waals surface area contributed by atoms with E-state index in [-0.39, 0.29) is 0 Å². The number of fused-ring (bicyclic) bond motifs is 1. The van der Waals surface area contributed by atoms with Crippen molar-refractivity contribution < 1.29 is 0 Å². The average molecular weight is 339 g/mol. The SMILES string of the molecule is CSc1nc2ncnc(NCC(C)N3CCN(C)CC3)c2s1. The van der Waals surface area contributed by atoms with Gasteiger partial charge in [0, 0.05) is 38.8 Å². The van der Waals surface area contributed by atoms with Crippen LogP contribution in [0.3, 0.4) is 0 Å². The molecule has 1 aliphatic heterocycles. The molecule has 0 aromatic carbocycles. The molecule has 8 heteroatoms. The minimum atomic E-state index is 0.492. The molecule has 1 saturated heterocycles. The lowest BCUT2D eigenvalue weighted by molar-refractivity contribution is 0.123. The molecule has 1 unspecified atom stereocenters. The number of thiazole rings is 1. The van der Waals surface area contributed by atoms with Crippen LogP contribution >= 0.6 is 23.1 Å². The van der Waals surface area contributed by atoms with Crippen molar-refractivity contribution in [3.8, 4) is 0 Å². The summed E-state index contributed by atoms with van der Waals surface area (Å²) in [5, 5.41) is 3.49. The number of anilines is 1. The van der Waals surface area contributed by atoms with Crippen molar-refractivity contribution in [2.45, 2.75) is 17.3 Å². The summed E-state index contributed by atoms with van der Waals surface area (Å²) in [6.45, 7) is 7.73. The van der Waals surface area contributed by atoms with E-state index in [9.17, 15) is 0 Å². The Bertz CT molecular complexity index is 623. The zero-order chi connectivity index (χ0) is 15.5. The first-order chi connectivity index (χ1) is 10.7. The first kappa shape index (κ1) is 15.9. The van der Waals surface area contributed by atoms with Crippen molar-refractivity contribution in [2.24, 2.45) is 0 Å². The maximum Gasteiger partial charge on any atom is 0.176 e. The number of rotatable bonds is 5. The Balaban J connectivity index is 1.64. The molecule has 6 nitrogen and oxygen atoms in total. The second kappa shape index (κ2) is 7.08. The van der Waals surface area contributed by atoms with Crippen LogP contribution in [0, 0.1) is 0 Å². The van der Waals surface area contributed by atoms with Crippen LogP contribution in [-0.4, -0.2) is 76.8 Å². The van der Waals surface area contributed by atoms with E-state index in [4.69, 9.17) is 0 Å². The van der Waals surface area contributed by atoms with Crippen LogP contribution in [0.4, 0.5) is 5.82 Å². The summed E-state index contributed by atoms with van der Waals surface area (Å²) in [5.41, 5.74) is 0.791. The summed E-state index contributed by atoms with van der Waals surface area (Å²) >= 11 is 3.31. The largest absolute Gasteiger partial charge is 0.367 e. The molecular weight excluding hydrogens is 316 g/mol. The molecule has 2 aromatic heterocycles. The predicted molar refractivity (Wildman–Crippen MR) is 94.0 cm³/mol. The summed E-state index contributed by atoms with van der Waals surface area (Å²) in [4.78, 5) is 18.1. The molecule has 3 rings (SSSR count). The molecule has 0 aliphatic carbocycles. The Labute approximate surface area is 139 Å². The molecule has 0 radical (unpaired) electrons. The van der Waals surface area contributed by atoms with Crippen LogP contribution in [0.15, 0.2) is 10.7 Å². The summed E-state index contributed by atoms with van der Waals surface area (Å²) in [6, 6.07) is 0.492. The minimum absolute atomic E-state index is 0.492. The van der Waals surface area contributed by atoms with Gasteiger partial charge < -0.3 is 10.2 Å². The van der Waals surface area contributed by atoms with Crippen LogP contribution < -0.4 is 5.32 Å². The number of likely N-dealkylation sites (N-methyl/N-ethyl adjacent to an activating group) is 1. The molecule has 1 fully saturated rings. The van der Waals surface area contributed by atoms with Crippen molar-refractivity contribution in [3.05, 3.63) is 6.33 Å². The predicted octanol–water partition coefficient (Wildman–Crippen LogP) is 1.86. The summed E-state index contributed by atoms with van der Waals surface area (Å²) < 4.78 is 2.09. The highest BCUT2D eigenvalue weighted by Crippen LogP contribution is 2.30. The lowest BCUT2D eigenvalue weighted by atomic mass is 10.2. The van der Waals surface area contributed by atoms with Crippen LogP contribution in [-0.2, 0) is 0 Å². The number of nitrogens with zero attached hydrogens (tertiary/aromatic N) is 5. The molecular formula is C14H22N6S2. The number of thioether (sulfide) groups is 1. The van der Waals surface area contributed by atoms with E-state index in [1.165, 1.54) is 0 Å². The number of nitrogens with one attached hydrogen (secondary N) is 1. The smallest absolute Gasteiger partial charge is 0.176 e. The molecule has 0 bridgehead atoms. The number of piperazine rings is 1. The number of hydrogen-bond acceptors (Lipinski definition) is 8. The van der Waals surface area contributed by atoms with E-state index in [1.54, 1.807) is 29.4 Å². The maximum absolute atomic E-state index is 4.49. The van der Waals surface area contributed by atoms with Gasteiger partial charge in [0.05, 0.1) is 0 Å². The van der Waals surface area contributed by atoms with Gasteiger partial charge in [-0.3, -0.25) is 4.90 Å². The van der Waals surface area contributed by atoms with Crippen LogP contribution in [0.25, 0.3) is 10.3 Å². The van der Waals surface area contributed by atoms with Crippen LogP contribution in [0.5, 0.6) is 0 Å². The number of aromatic nitrogens is 3. The van der Waals surface area contributed by atoms with Gasteiger partial charge in [-0.05, 0) is 20.2 Å². The molecule has 1 aliphatic rings. The Hall–Kier alpha value is -0.960. The highest BCUT2D eigenvalue weighted by molar-refractivity contribution is 8.00. The van der Waals surface area contributed by atoms with Gasteiger partial charge in [0.1, 0.15) is 16.8 Å². The van der Waals surface area contributed by atoms with Crippen molar-refractivity contribution in [1.82, 2.24) is 24.8 Å². The third kappa shape index (κ3) is 3.51. The second-order valence-electron chi connectivity index (χ2n) is 5.63. The van der Waals surface area contributed by atoms with E-state index >= 15 is 0 Å². The zero-order valence-electron chi connectivity index (χ0n) is 13.2. The molecule has 0 amide bonds. The standard InChI is InChI=1S/C14H22N6S2/c1-10(20-6-4-19(2)5-7-20)8-15-12-11-13(17-9-16-12)18-14(21-3)22-11/h9-10H,4-8H2,1-3H3,(H,15,16,17). The van der Waals surface area contributed by atoms with Crippen molar-refractivity contribution in [3.63, 3.8) is 0 Å². The molecule has 0 spiro atoms. The fourth-order valence-corrected chi connectivity index (χ4v) is 4.06. The number of hydrogen-bond donors (Lipinski definition) is 1. The van der Waals surface area contributed by atoms with Gasteiger partial charge in [-0.1, -0.05) is 11.8 Å². The molecule has 120 valence electrons. The van der Waals surface area contributed by atoms with E-state index in [2.05, 4.69) is 44.0 Å². The highest BCUT2D eigenvalue weighted by Gasteiger charge is 2.19. The van der Waals surface area contributed by atoms with Crippen LogP contribution in [0.1, 0.15) is 6.92 Å². The van der Waals surface area contributed by atoms with Gasteiger partial charge in [-0.25, -0.2) is 15.0 Å². The zero-order valence-corrected chi connectivity index (χ0v) is 14.9. The Morgan fingerprint density at radius 2 is 2.09 bits per heavy atom. The van der Waals surface area contributed by atoms with Crippen LogP contribution in [0.2, 0.25) is 0 Å². The topological polar surface area (TPSA) is 57.2 Å². The average Bonchev–Trinajstić information content (AvgIpc) is 2.97. The first-order valence-corrected chi connectivity index (χ1v) is 9.53. The third-order valence-electron chi connectivity index (χ3n) is 4.07. The lowest BCUT2D eigenvalue weighted by Crippen LogP contribution is -2.49. The molecule has 22 heavy (non-hydrogen) atoms. The Morgan fingerprint density at radius 1 is 1.32 bits per heavy atom. The summed E-state index contributed by atoms with van der Waals surface area (Å²) in [7, 11) is 2.19. The van der Waals surface area contributed by atoms with E-state index in [0.29, 0.717) is 6.04 Å². The van der Waals surface area contributed by atoms with Crippen molar-refractivity contribution in [2.75, 3.05) is 51.3 Å². The van der Waals surface area contributed by atoms with E-state index in [0.717, 1.165) is 53.2 Å². The Kier molecular flexibility index (Phi) is 5.12. The molecule has 0 saturated carbocycles. The fourth-order valence-electron chi connectivity index (χ4n) is 2.58. The van der Waals surface area contributed by atoms with Gasteiger partial charge in [-0.2, -0.15) is 0 Å². The summed E-state index contributed by atoms with van der Waals surface area (Å²) in [6.07, 6.45) is 3.63. The fraction of sp³-hybridized carbons (Fsp3) is 0.643. The maximum atomic E-state index is 4.49. The van der Waals surface area contributed by atoms with E-state index in [1.807, 2.05) is 6.26 Å². The first-order valence-electron chi connectivity index (χ1n) is 7.49. The highest BCUT2D eigenvalue weighted by atomic mass is 32.2. The molecule has 1 atom stereocenters.